The van der Waals surface area contributed by atoms with Crippen molar-refractivity contribution in [2.24, 2.45) is 0 Å². The van der Waals surface area contributed by atoms with Crippen LogP contribution in [-0.4, -0.2) is 5.78 Å². The van der Waals surface area contributed by atoms with E-state index in [1.165, 1.54) is 15.8 Å². The van der Waals surface area contributed by atoms with Crippen LogP contribution in [-0.2, 0) is 4.79 Å². The highest BCUT2D eigenvalue weighted by molar-refractivity contribution is 9.10. The van der Waals surface area contributed by atoms with Gasteiger partial charge in [0.15, 0.2) is 0 Å². The van der Waals surface area contributed by atoms with Gasteiger partial charge in [-0.25, -0.2) is 0 Å². The lowest BCUT2D eigenvalue weighted by Crippen LogP contribution is -2.12. The first kappa shape index (κ1) is 9.41. The number of ketones is 1. The van der Waals surface area contributed by atoms with Gasteiger partial charge >= 0.3 is 0 Å². The lowest BCUT2D eigenvalue weighted by molar-refractivity contribution is -0.120. The molecule has 0 saturated heterocycles. The number of carbonyl (C=O) groups excluding carboxylic acids is 1. The number of halogens is 1. The van der Waals surface area contributed by atoms with Crippen LogP contribution >= 0.6 is 27.3 Å². The number of carbonyl (C=O) groups is 1. The molecule has 1 saturated carbocycles. The minimum Gasteiger partial charge on any atom is -0.300 e. The zero-order valence-corrected chi connectivity index (χ0v) is 9.66. The van der Waals surface area contributed by atoms with Gasteiger partial charge in [0.2, 0.25) is 0 Å². The van der Waals surface area contributed by atoms with Gasteiger partial charge < -0.3 is 0 Å². The molecule has 1 aromatic heterocycles. The molecule has 1 heterocycles. The molecule has 0 amide bonds. The number of thiophene rings is 1. The molecule has 1 unspecified atom stereocenters. The summed E-state index contributed by atoms with van der Waals surface area (Å²) in [4.78, 5) is 12.6. The summed E-state index contributed by atoms with van der Waals surface area (Å²) in [5.41, 5.74) is 0. The number of hydrogen-bond donors (Lipinski definition) is 0. The second kappa shape index (κ2) is 3.93. The van der Waals surface area contributed by atoms with Crippen LogP contribution in [0.3, 0.4) is 0 Å². The molecule has 0 spiro atoms. The molecule has 1 aliphatic rings. The summed E-state index contributed by atoms with van der Waals surface area (Å²) in [6.45, 7) is 0. The summed E-state index contributed by atoms with van der Waals surface area (Å²) in [5.74, 6) is 0.909. The Labute approximate surface area is 90.3 Å². The van der Waals surface area contributed by atoms with Crippen LogP contribution in [0.15, 0.2) is 15.9 Å². The molecule has 2 rings (SSSR count). The second-order valence-corrected chi connectivity index (χ2v) is 5.27. The van der Waals surface area contributed by atoms with Crippen LogP contribution < -0.4 is 0 Å². The van der Waals surface area contributed by atoms with Gasteiger partial charge in [-0.15, -0.1) is 11.3 Å². The van der Waals surface area contributed by atoms with E-state index in [1.54, 1.807) is 11.3 Å². The first-order chi connectivity index (χ1) is 6.27. The first-order valence-electron chi connectivity index (χ1n) is 4.52. The summed E-state index contributed by atoms with van der Waals surface area (Å²) in [7, 11) is 0. The van der Waals surface area contributed by atoms with E-state index in [0.717, 1.165) is 19.3 Å². The Kier molecular flexibility index (Phi) is 2.84. The van der Waals surface area contributed by atoms with Crippen molar-refractivity contribution in [1.29, 1.82) is 0 Å². The van der Waals surface area contributed by atoms with Gasteiger partial charge in [-0.3, -0.25) is 4.79 Å². The SMILES string of the molecule is O=C1CCCC(c2sccc2Br)C1. The fourth-order valence-corrected chi connectivity index (χ4v) is 3.68. The predicted molar refractivity (Wildman–Crippen MR) is 58.2 cm³/mol. The molecule has 0 radical (unpaired) electrons. The Morgan fingerprint density at radius 1 is 1.54 bits per heavy atom. The molecule has 0 bridgehead atoms. The molecule has 0 aliphatic heterocycles. The van der Waals surface area contributed by atoms with E-state index in [2.05, 4.69) is 27.4 Å². The van der Waals surface area contributed by atoms with E-state index in [0.29, 0.717) is 11.7 Å². The van der Waals surface area contributed by atoms with Gasteiger partial charge in [0.05, 0.1) is 0 Å². The predicted octanol–water partition coefficient (Wildman–Crippen LogP) is 3.74. The summed E-state index contributed by atoms with van der Waals surface area (Å²) in [6.07, 6.45) is 3.78. The van der Waals surface area contributed by atoms with Crippen LogP contribution in [0.25, 0.3) is 0 Å². The smallest absolute Gasteiger partial charge is 0.133 e. The lowest BCUT2D eigenvalue weighted by atomic mass is 9.87. The highest BCUT2D eigenvalue weighted by Gasteiger charge is 2.23. The molecule has 1 nitrogen and oxygen atoms in total. The van der Waals surface area contributed by atoms with E-state index < -0.39 is 0 Å². The quantitative estimate of drug-likeness (QED) is 0.750. The van der Waals surface area contributed by atoms with Crippen molar-refractivity contribution in [3.63, 3.8) is 0 Å². The summed E-state index contributed by atoms with van der Waals surface area (Å²) in [6, 6.07) is 2.07. The maximum Gasteiger partial charge on any atom is 0.133 e. The molecular weight excluding hydrogens is 248 g/mol. The molecule has 0 N–H and O–H groups in total. The molecule has 0 aromatic carbocycles. The average molecular weight is 259 g/mol. The third-order valence-electron chi connectivity index (χ3n) is 2.50. The Bertz CT molecular complexity index is 318. The van der Waals surface area contributed by atoms with Crippen LogP contribution in [0.4, 0.5) is 0 Å². The Morgan fingerprint density at radius 3 is 3.00 bits per heavy atom. The van der Waals surface area contributed by atoms with E-state index in [1.807, 2.05) is 0 Å². The zero-order chi connectivity index (χ0) is 9.26. The average Bonchev–Trinajstić information content (AvgIpc) is 2.51. The molecule has 70 valence electrons. The minimum absolute atomic E-state index is 0.427. The minimum atomic E-state index is 0.427. The van der Waals surface area contributed by atoms with E-state index >= 15 is 0 Å². The third-order valence-corrected chi connectivity index (χ3v) is 4.53. The summed E-state index contributed by atoms with van der Waals surface area (Å²) >= 11 is 5.28. The first-order valence-corrected chi connectivity index (χ1v) is 6.19. The van der Waals surface area contributed by atoms with E-state index in [-0.39, 0.29) is 0 Å². The standard InChI is InChI=1S/C10H11BrOS/c11-9-4-5-13-10(9)7-2-1-3-8(12)6-7/h4-5,7H,1-3,6H2. The van der Waals surface area contributed by atoms with Crippen molar-refractivity contribution >= 4 is 33.0 Å². The van der Waals surface area contributed by atoms with Gasteiger partial charge in [-0.1, -0.05) is 0 Å². The lowest BCUT2D eigenvalue weighted by Gasteiger charge is -2.19. The third kappa shape index (κ3) is 2.02. The number of rotatable bonds is 1. The molecule has 1 atom stereocenters. The molecular formula is C10H11BrOS. The van der Waals surface area contributed by atoms with Crippen molar-refractivity contribution in [2.75, 3.05) is 0 Å². The molecule has 1 fully saturated rings. The van der Waals surface area contributed by atoms with E-state index in [4.69, 9.17) is 0 Å². The van der Waals surface area contributed by atoms with Crippen LogP contribution in [0.2, 0.25) is 0 Å². The van der Waals surface area contributed by atoms with Crippen molar-refractivity contribution in [3.8, 4) is 0 Å². The monoisotopic (exact) mass is 258 g/mol. The van der Waals surface area contributed by atoms with Crippen molar-refractivity contribution in [3.05, 3.63) is 20.8 Å². The van der Waals surface area contributed by atoms with Crippen LogP contribution in [0.5, 0.6) is 0 Å². The van der Waals surface area contributed by atoms with Crippen molar-refractivity contribution < 1.29 is 4.79 Å². The van der Waals surface area contributed by atoms with Gasteiger partial charge in [0.25, 0.3) is 0 Å². The zero-order valence-electron chi connectivity index (χ0n) is 7.25. The number of Topliss-reactive ketones (excluding diaryl/α,β-unsaturated/α-hetero) is 1. The fourth-order valence-electron chi connectivity index (χ4n) is 1.85. The molecule has 1 aromatic rings. The second-order valence-electron chi connectivity index (χ2n) is 3.46. The Balaban J connectivity index is 2.17. The van der Waals surface area contributed by atoms with E-state index in [9.17, 15) is 4.79 Å². The highest BCUT2D eigenvalue weighted by atomic mass is 79.9. The largest absolute Gasteiger partial charge is 0.300 e. The topological polar surface area (TPSA) is 17.1 Å². The maximum absolute atomic E-state index is 11.3. The highest BCUT2D eigenvalue weighted by Crippen LogP contribution is 2.38. The Hall–Kier alpha value is -0.150. The number of hydrogen-bond acceptors (Lipinski definition) is 2. The van der Waals surface area contributed by atoms with Crippen LogP contribution in [0, 0.1) is 0 Å². The summed E-state index contributed by atoms with van der Waals surface area (Å²) < 4.78 is 1.18. The van der Waals surface area contributed by atoms with Gasteiger partial charge in [0, 0.05) is 28.1 Å². The molecule has 1 aliphatic carbocycles. The van der Waals surface area contributed by atoms with Crippen molar-refractivity contribution in [2.45, 2.75) is 31.6 Å². The molecule has 3 heteroatoms. The summed E-state index contributed by atoms with van der Waals surface area (Å²) in [5, 5.41) is 2.08. The fraction of sp³-hybridized carbons (Fsp3) is 0.500. The van der Waals surface area contributed by atoms with Gasteiger partial charge in [-0.2, -0.15) is 0 Å². The van der Waals surface area contributed by atoms with Crippen molar-refractivity contribution in [1.82, 2.24) is 0 Å². The van der Waals surface area contributed by atoms with Crippen LogP contribution in [0.1, 0.15) is 36.5 Å². The normalized spacial score (nSPS) is 23.5. The van der Waals surface area contributed by atoms with Gasteiger partial charge in [0.1, 0.15) is 5.78 Å². The maximum atomic E-state index is 11.3. The Morgan fingerprint density at radius 2 is 2.38 bits per heavy atom. The van der Waals surface area contributed by atoms with Gasteiger partial charge in [-0.05, 0) is 40.2 Å². The molecule has 13 heavy (non-hydrogen) atoms.